The van der Waals surface area contributed by atoms with E-state index in [1.165, 1.54) is 218 Å². The monoisotopic (exact) mass is 1010 g/mol. The van der Waals surface area contributed by atoms with Gasteiger partial charge < -0.3 is 9.11 Å². The van der Waals surface area contributed by atoms with Crippen molar-refractivity contribution in [2.75, 3.05) is 0 Å². The van der Waals surface area contributed by atoms with Crippen molar-refractivity contribution in [2.45, 2.75) is 268 Å². The largest absolute Gasteiger partial charge is 2.00 e. The van der Waals surface area contributed by atoms with Crippen LogP contribution in [-0.2, 0) is 33.1 Å². The second kappa shape index (κ2) is 42.5. The van der Waals surface area contributed by atoms with E-state index < -0.39 is 20.2 Å². The first kappa shape index (κ1) is 60.8. The predicted molar refractivity (Wildman–Crippen MR) is 260 cm³/mol. The number of hydrogen-bond donors (Lipinski definition) is 0. The Balaban J connectivity index is 0.00000116. The topological polar surface area (TPSA) is 114 Å². The van der Waals surface area contributed by atoms with Crippen LogP contribution in [0, 0.1) is 0 Å². The van der Waals surface area contributed by atoms with Crippen LogP contribution in [0.1, 0.15) is 256 Å². The summed E-state index contributed by atoms with van der Waals surface area (Å²) >= 11 is 0. The first-order chi connectivity index (χ1) is 29.1. The van der Waals surface area contributed by atoms with Gasteiger partial charge in [-0.15, -0.1) is 0 Å². The first-order valence-corrected chi connectivity index (χ1v) is 28.0. The van der Waals surface area contributed by atoms with Gasteiger partial charge in [-0.05, 0) is 48.9 Å². The summed E-state index contributed by atoms with van der Waals surface area (Å²) in [4.78, 5) is -0.0889. The van der Waals surface area contributed by atoms with Crippen LogP contribution in [0.5, 0.6) is 0 Å². The Kier molecular flexibility index (Phi) is 42.3. The van der Waals surface area contributed by atoms with Crippen molar-refractivity contribution in [2.24, 2.45) is 0 Å². The van der Waals surface area contributed by atoms with E-state index in [1.54, 1.807) is 36.4 Å². The van der Waals surface area contributed by atoms with Gasteiger partial charge in [0.05, 0.1) is 9.79 Å². The van der Waals surface area contributed by atoms with Gasteiger partial charge >= 0.3 is 48.9 Å². The molecule has 0 aliphatic heterocycles. The smallest absolute Gasteiger partial charge is 0.744 e. The van der Waals surface area contributed by atoms with Gasteiger partial charge in [-0.1, -0.05) is 269 Å². The zero-order chi connectivity index (χ0) is 43.8. The summed E-state index contributed by atoms with van der Waals surface area (Å²) in [5.41, 5.74) is 1.34. The Labute approximate surface area is 418 Å². The van der Waals surface area contributed by atoms with Crippen LogP contribution in [-0.4, -0.2) is 74.8 Å². The summed E-state index contributed by atoms with van der Waals surface area (Å²) in [6, 6.07) is 13.2. The molecule has 0 aliphatic carbocycles. The minimum absolute atomic E-state index is 0. The van der Waals surface area contributed by atoms with Gasteiger partial charge in [-0.25, -0.2) is 16.8 Å². The summed E-state index contributed by atoms with van der Waals surface area (Å²) in [7, 11) is -8.71. The summed E-state index contributed by atoms with van der Waals surface area (Å²) in [6.07, 6.45) is 49.5. The zero-order valence-electron chi connectivity index (χ0n) is 39.5. The Morgan fingerprint density at radius 1 is 0.311 bits per heavy atom. The van der Waals surface area contributed by atoms with Crippen LogP contribution in [0.4, 0.5) is 0 Å². The van der Waals surface area contributed by atoms with Crippen LogP contribution in [0.2, 0.25) is 0 Å². The van der Waals surface area contributed by atoms with E-state index in [1.807, 2.05) is 0 Å². The van der Waals surface area contributed by atoms with Gasteiger partial charge in [-0.2, -0.15) is 0 Å². The average molecular weight is 1010 g/mol. The van der Waals surface area contributed by atoms with Gasteiger partial charge in [0.1, 0.15) is 20.2 Å². The van der Waals surface area contributed by atoms with E-state index in [0.29, 0.717) is 24.0 Å². The number of rotatable bonds is 40. The van der Waals surface area contributed by atoms with Crippen molar-refractivity contribution in [3.05, 3.63) is 59.7 Å². The third-order valence-electron chi connectivity index (χ3n) is 12.1. The van der Waals surface area contributed by atoms with Crippen molar-refractivity contribution in [1.29, 1.82) is 0 Å². The molecule has 0 saturated heterocycles. The Bertz CT molecular complexity index is 1370. The molecule has 0 bridgehead atoms. The Morgan fingerprint density at radius 2 is 0.492 bits per heavy atom. The Hall–Kier alpha value is -0.169. The first-order valence-electron chi connectivity index (χ1n) is 25.2. The number of aryl methyl sites for hydroxylation is 2. The van der Waals surface area contributed by atoms with Gasteiger partial charge in [-0.3, -0.25) is 0 Å². The summed E-state index contributed by atoms with van der Waals surface area (Å²) in [5.74, 6) is 0. The van der Waals surface area contributed by atoms with Crippen molar-refractivity contribution in [3.8, 4) is 0 Å². The quantitative estimate of drug-likeness (QED) is 0.0373. The van der Waals surface area contributed by atoms with Gasteiger partial charge in [0.2, 0.25) is 0 Å². The molecule has 9 heteroatoms. The molecule has 0 spiro atoms. The molecule has 6 nitrogen and oxygen atoms in total. The number of benzene rings is 2. The minimum atomic E-state index is -4.36. The molecule has 2 rings (SSSR count). The second-order valence-corrected chi connectivity index (χ2v) is 20.3. The number of unbranched alkanes of at least 4 members (excludes halogenated alkanes) is 34. The van der Waals surface area contributed by atoms with Crippen molar-refractivity contribution >= 4 is 69.1 Å². The maximum atomic E-state index is 11.3. The van der Waals surface area contributed by atoms with E-state index in [2.05, 4.69) is 13.8 Å². The van der Waals surface area contributed by atoms with Crippen molar-refractivity contribution < 1.29 is 25.9 Å². The SMILES string of the molecule is CCCCCCCCCCCCCCCCCCCCc1ccccc1S(=O)(=O)[O-].CCCCCCCCCCCCCCCCCCCCc1ccccc1S(=O)(=O)[O-].[Ba+2]. The molecule has 348 valence electrons. The fraction of sp³-hybridized carbons (Fsp3) is 0.769. The minimum Gasteiger partial charge on any atom is -0.744 e. The summed E-state index contributed by atoms with van der Waals surface area (Å²) in [6.45, 7) is 4.55. The zero-order valence-corrected chi connectivity index (χ0v) is 45.5. The molecule has 0 radical (unpaired) electrons. The third kappa shape index (κ3) is 36.7. The molecule has 2 aromatic carbocycles. The maximum absolute atomic E-state index is 11.3. The van der Waals surface area contributed by atoms with Crippen LogP contribution >= 0.6 is 0 Å². The standard InChI is InChI=1S/2C26H46O3S.Ba/c2*1-2-3-4-5-6-7-8-9-10-11-12-13-14-15-16-17-18-19-22-25-23-20-21-24-26(25)30(27,28)29;/h2*20-21,23-24H,2-19,22H2,1H3,(H,27,28,29);/q;;+2/p-2. The molecule has 0 aliphatic rings. The van der Waals surface area contributed by atoms with E-state index in [9.17, 15) is 25.9 Å². The van der Waals surface area contributed by atoms with E-state index in [4.69, 9.17) is 0 Å². The van der Waals surface area contributed by atoms with E-state index in [-0.39, 0.29) is 58.7 Å². The molecule has 0 saturated carbocycles. The molecular weight excluding hydrogens is 922 g/mol. The molecule has 0 fully saturated rings. The van der Waals surface area contributed by atoms with E-state index in [0.717, 1.165) is 25.7 Å². The van der Waals surface area contributed by atoms with Gasteiger partial charge in [0.25, 0.3) is 0 Å². The third-order valence-corrected chi connectivity index (χ3v) is 14.0. The van der Waals surface area contributed by atoms with Crippen molar-refractivity contribution in [3.63, 3.8) is 0 Å². The number of hydrogen-bond acceptors (Lipinski definition) is 6. The Morgan fingerprint density at radius 3 is 0.689 bits per heavy atom. The fourth-order valence-corrected chi connectivity index (χ4v) is 9.82. The van der Waals surface area contributed by atoms with Crippen LogP contribution in [0.3, 0.4) is 0 Å². The molecule has 0 heterocycles. The molecule has 0 N–H and O–H groups in total. The molecule has 0 unspecified atom stereocenters. The van der Waals surface area contributed by atoms with Crippen LogP contribution < -0.4 is 0 Å². The molecular formula is C52H90BaO6S2. The summed E-state index contributed by atoms with van der Waals surface area (Å²) in [5, 5.41) is 0. The van der Waals surface area contributed by atoms with Crippen LogP contribution in [0.15, 0.2) is 58.3 Å². The molecule has 61 heavy (non-hydrogen) atoms. The maximum Gasteiger partial charge on any atom is 2.00 e. The summed E-state index contributed by atoms with van der Waals surface area (Å²) < 4.78 is 67.7. The predicted octanol–water partition coefficient (Wildman–Crippen LogP) is 16.0. The average Bonchev–Trinajstić information content (AvgIpc) is 3.22. The molecule has 0 atom stereocenters. The van der Waals surface area contributed by atoms with Crippen LogP contribution in [0.25, 0.3) is 0 Å². The van der Waals surface area contributed by atoms with Gasteiger partial charge in [0.15, 0.2) is 0 Å². The molecule has 2 aromatic rings. The van der Waals surface area contributed by atoms with E-state index >= 15 is 0 Å². The molecule has 0 aromatic heterocycles. The second-order valence-electron chi connectivity index (χ2n) is 17.6. The molecule has 0 amide bonds. The normalized spacial score (nSPS) is 11.6. The van der Waals surface area contributed by atoms with Gasteiger partial charge in [0, 0.05) is 0 Å². The van der Waals surface area contributed by atoms with Crippen molar-refractivity contribution in [1.82, 2.24) is 0 Å². The fourth-order valence-electron chi connectivity index (χ4n) is 8.34.